The summed E-state index contributed by atoms with van der Waals surface area (Å²) in [5, 5.41) is 10.6. The highest BCUT2D eigenvalue weighted by atomic mass is 31.2. The van der Waals surface area contributed by atoms with Gasteiger partial charge < -0.3 is 33.8 Å². The minimum Gasteiger partial charge on any atom is -0.462 e. The largest absolute Gasteiger partial charge is 0.472 e. The fourth-order valence-electron chi connectivity index (χ4n) is 12.5. The molecule has 0 aliphatic carbocycles. The van der Waals surface area contributed by atoms with Crippen molar-refractivity contribution in [3.8, 4) is 0 Å². The SMILES string of the molecule is CCCCCCCCCCCCCCCCCCCCCCCC(=O)O[C@H](COC(=O)CCCCCCCCCCCCCCCCCCCC)COP(=O)(O)OC[C@@H](O)COP(=O)(O)OC[C@@H](COC(=O)CCCCCCCCC(C)C)OC(=O)CCCCCCCCCCCC(C)C. The Kier molecular flexibility index (Phi) is 71.2. The molecular weight excluding hydrogens is 1310 g/mol. The first-order valence-corrected chi connectivity index (χ1v) is 45.0. The van der Waals surface area contributed by atoms with Gasteiger partial charge in [-0.3, -0.25) is 37.3 Å². The van der Waals surface area contributed by atoms with Crippen molar-refractivity contribution in [3.05, 3.63) is 0 Å². The molecule has 19 heteroatoms. The Morgan fingerprint density at radius 3 is 0.680 bits per heavy atom. The number of esters is 4. The summed E-state index contributed by atoms with van der Waals surface area (Å²) >= 11 is 0. The molecular formula is C81H158O17P2. The Bertz CT molecular complexity index is 1920. The number of unbranched alkanes of at least 4 members (excludes halogenated alkanes) is 50. The Morgan fingerprint density at radius 2 is 0.460 bits per heavy atom. The minimum absolute atomic E-state index is 0.105. The highest BCUT2D eigenvalue weighted by Crippen LogP contribution is 2.45. The highest BCUT2D eigenvalue weighted by molar-refractivity contribution is 7.47. The predicted molar refractivity (Wildman–Crippen MR) is 409 cm³/mol. The standard InChI is InChI=1S/C81H158O17P2/c1-7-9-11-13-15-17-19-21-23-25-27-28-29-31-33-35-37-41-45-53-59-65-80(85)97-76(69-91-78(83)63-57-51-44-40-36-34-32-30-26-24-22-20-18-16-14-12-10-8-2)71-95-99(87,88)93-67-75(82)68-94-100(89,90)96-72-77(70-92-79(84)64-58-52-48-47-50-56-62-74(5)6)98-81(86)66-60-54-46-42-38-39-43-49-55-61-73(3)4/h73-77,82H,7-72H2,1-6H3,(H,87,88)(H,89,90)/t75-,76-,77-/m1/s1. The average Bonchev–Trinajstić information content (AvgIpc) is 0.944. The first kappa shape index (κ1) is 98.1. The van der Waals surface area contributed by atoms with Crippen LogP contribution in [0.4, 0.5) is 0 Å². The molecule has 3 N–H and O–H groups in total. The summed E-state index contributed by atoms with van der Waals surface area (Å²) in [5.41, 5.74) is 0. The van der Waals surface area contributed by atoms with Gasteiger partial charge in [-0.1, -0.05) is 375 Å². The smallest absolute Gasteiger partial charge is 0.462 e. The second-order valence-electron chi connectivity index (χ2n) is 30.1. The van der Waals surface area contributed by atoms with E-state index in [-0.39, 0.29) is 25.7 Å². The fourth-order valence-corrected chi connectivity index (χ4v) is 14.1. The van der Waals surface area contributed by atoms with Crippen LogP contribution in [0.15, 0.2) is 0 Å². The van der Waals surface area contributed by atoms with Crippen molar-refractivity contribution in [3.63, 3.8) is 0 Å². The van der Waals surface area contributed by atoms with E-state index in [4.69, 9.17) is 37.0 Å². The maximum absolute atomic E-state index is 13.1. The summed E-state index contributed by atoms with van der Waals surface area (Å²) in [7, 11) is -9.92. The van der Waals surface area contributed by atoms with Crippen molar-refractivity contribution in [1.82, 2.24) is 0 Å². The number of rotatable bonds is 80. The Hall–Kier alpha value is -1.94. The van der Waals surface area contributed by atoms with Crippen molar-refractivity contribution >= 4 is 39.5 Å². The number of aliphatic hydroxyl groups excluding tert-OH is 1. The lowest BCUT2D eigenvalue weighted by atomic mass is 10.0. The van der Waals surface area contributed by atoms with Gasteiger partial charge >= 0.3 is 39.5 Å². The summed E-state index contributed by atoms with van der Waals surface area (Å²) in [5.74, 6) is -0.698. The molecule has 0 aromatic rings. The number of carbonyl (C=O) groups is 4. The molecule has 594 valence electrons. The molecule has 0 radical (unpaired) electrons. The van der Waals surface area contributed by atoms with Crippen LogP contribution in [0, 0.1) is 11.8 Å². The van der Waals surface area contributed by atoms with Gasteiger partial charge in [0.25, 0.3) is 0 Å². The topological polar surface area (TPSA) is 237 Å². The van der Waals surface area contributed by atoms with Gasteiger partial charge in [-0.2, -0.15) is 0 Å². The molecule has 0 amide bonds. The van der Waals surface area contributed by atoms with Gasteiger partial charge in [0.15, 0.2) is 12.2 Å². The molecule has 5 atom stereocenters. The normalized spacial score (nSPS) is 13.9. The molecule has 2 unspecified atom stereocenters. The van der Waals surface area contributed by atoms with Crippen molar-refractivity contribution in [2.45, 2.75) is 445 Å². The maximum atomic E-state index is 13.1. The number of phosphoric acid groups is 2. The van der Waals surface area contributed by atoms with Gasteiger partial charge in [-0.05, 0) is 37.5 Å². The summed E-state index contributed by atoms with van der Waals surface area (Å²) in [4.78, 5) is 72.9. The zero-order valence-corrected chi connectivity index (χ0v) is 67.3. The monoisotopic (exact) mass is 1470 g/mol. The lowest BCUT2D eigenvalue weighted by Crippen LogP contribution is -2.30. The van der Waals surface area contributed by atoms with Gasteiger partial charge in [0, 0.05) is 25.7 Å². The van der Waals surface area contributed by atoms with Gasteiger partial charge in [0.2, 0.25) is 0 Å². The molecule has 0 fully saturated rings. The van der Waals surface area contributed by atoms with Crippen LogP contribution in [0.25, 0.3) is 0 Å². The zero-order valence-electron chi connectivity index (χ0n) is 65.5. The summed E-state index contributed by atoms with van der Waals surface area (Å²) in [6, 6.07) is 0. The number of aliphatic hydroxyl groups is 1. The maximum Gasteiger partial charge on any atom is 0.472 e. The molecule has 100 heavy (non-hydrogen) atoms. The Labute approximate surface area is 613 Å². The third kappa shape index (κ3) is 74.3. The molecule has 0 heterocycles. The van der Waals surface area contributed by atoms with Crippen molar-refractivity contribution in [2.24, 2.45) is 11.8 Å². The van der Waals surface area contributed by atoms with Crippen molar-refractivity contribution in [2.75, 3.05) is 39.6 Å². The van der Waals surface area contributed by atoms with Crippen LogP contribution in [0.2, 0.25) is 0 Å². The first-order chi connectivity index (χ1) is 48.4. The lowest BCUT2D eigenvalue weighted by Gasteiger charge is -2.21. The lowest BCUT2D eigenvalue weighted by molar-refractivity contribution is -0.161. The number of hydrogen-bond donors (Lipinski definition) is 3. The van der Waals surface area contributed by atoms with Gasteiger partial charge in [-0.15, -0.1) is 0 Å². The average molecular weight is 1470 g/mol. The summed E-state index contributed by atoms with van der Waals surface area (Å²) in [6.07, 6.45) is 62.8. The van der Waals surface area contributed by atoms with E-state index in [1.54, 1.807) is 0 Å². The van der Waals surface area contributed by atoms with Crippen LogP contribution in [0.5, 0.6) is 0 Å². The molecule has 0 bridgehead atoms. The summed E-state index contributed by atoms with van der Waals surface area (Å²) in [6.45, 7) is 9.52. The third-order valence-corrected chi connectivity index (χ3v) is 20.9. The minimum atomic E-state index is -4.96. The van der Waals surface area contributed by atoms with Crippen LogP contribution in [-0.4, -0.2) is 96.7 Å². The van der Waals surface area contributed by atoms with E-state index in [0.717, 1.165) is 102 Å². The number of ether oxygens (including phenoxy) is 4. The molecule has 0 aliphatic heterocycles. The van der Waals surface area contributed by atoms with Crippen LogP contribution in [-0.2, 0) is 65.4 Å². The summed E-state index contributed by atoms with van der Waals surface area (Å²) < 4.78 is 68.6. The van der Waals surface area contributed by atoms with Gasteiger partial charge in [0.1, 0.15) is 19.3 Å². The molecule has 0 saturated heterocycles. The number of carbonyl (C=O) groups excluding carboxylic acids is 4. The van der Waals surface area contributed by atoms with E-state index >= 15 is 0 Å². The first-order valence-electron chi connectivity index (χ1n) is 42.0. The van der Waals surface area contributed by atoms with E-state index in [2.05, 4.69) is 41.5 Å². The molecule has 0 aromatic carbocycles. The quantitative estimate of drug-likeness (QED) is 0.0222. The number of hydrogen-bond acceptors (Lipinski definition) is 15. The van der Waals surface area contributed by atoms with Crippen LogP contribution in [0.1, 0.15) is 427 Å². The van der Waals surface area contributed by atoms with E-state index in [9.17, 15) is 43.2 Å². The van der Waals surface area contributed by atoms with E-state index in [0.29, 0.717) is 31.6 Å². The van der Waals surface area contributed by atoms with Crippen molar-refractivity contribution < 1.29 is 80.2 Å². The fraction of sp³-hybridized carbons (Fsp3) is 0.951. The Morgan fingerprint density at radius 1 is 0.270 bits per heavy atom. The highest BCUT2D eigenvalue weighted by Gasteiger charge is 2.30. The zero-order chi connectivity index (χ0) is 73.5. The third-order valence-electron chi connectivity index (χ3n) is 19.0. The number of phosphoric ester groups is 2. The predicted octanol–water partition coefficient (Wildman–Crippen LogP) is 24.3. The van der Waals surface area contributed by atoms with E-state index in [1.807, 2.05) is 0 Å². The molecule has 17 nitrogen and oxygen atoms in total. The van der Waals surface area contributed by atoms with Gasteiger partial charge in [0.05, 0.1) is 26.4 Å². The van der Waals surface area contributed by atoms with Gasteiger partial charge in [-0.25, -0.2) is 9.13 Å². The van der Waals surface area contributed by atoms with Crippen LogP contribution < -0.4 is 0 Å². The Balaban J connectivity index is 5.20. The van der Waals surface area contributed by atoms with E-state index in [1.165, 1.54) is 238 Å². The second kappa shape index (κ2) is 72.6. The molecule has 0 aliphatic rings. The molecule has 0 spiro atoms. The molecule has 0 rings (SSSR count). The van der Waals surface area contributed by atoms with E-state index < -0.39 is 97.5 Å². The second-order valence-corrected chi connectivity index (χ2v) is 33.0. The molecule has 0 aromatic heterocycles. The van der Waals surface area contributed by atoms with Crippen LogP contribution >= 0.6 is 15.6 Å². The van der Waals surface area contributed by atoms with Crippen LogP contribution in [0.3, 0.4) is 0 Å². The molecule has 0 saturated carbocycles. The van der Waals surface area contributed by atoms with Crippen molar-refractivity contribution in [1.29, 1.82) is 0 Å².